The molecule has 5 aliphatic rings. The first-order valence-electron chi connectivity index (χ1n) is 10.4. The van der Waals surface area contributed by atoms with Gasteiger partial charge in [-0.05, 0) is 46.4 Å². The summed E-state index contributed by atoms with van der Waals surface area (Å²) < 4.78 is 0. The third-order valence-corrected chi connectivity index (χ3v) is 7.41. The van der Waals surface area contributed by atoms with Gasteiger partial charge in [-0.2, -0.15) is 0 Å². The molecule has 3 amide bonds. The van der Waals surface area contributed by atoms with Crippen LogP contribution in [0.2, 0.25) is 0 Å². The van der Waals surface area contributed by atoms with Crippen LogP contribution in [-0.4, -0.2) is 29.2 Å². The van der Waals surface area contributed by atoms with Crippen LogP contribution in [0, 0.1) is 35.5 Å². The number of carbonyl (C=O) groups excluding carboxylic acids is 3. The molecule has 5 nitrogen and oxygen atoms in total. The Morgan fingerprint density at radius 1 is 0.931 bits per heavy atom. The number of amides is 3. The Kier molecular flexibility index (Phi) is 3.52. The minimum Gasteiger partial charge on any atom is -0.350 e. The van der Waals surface area contributed by atoms with E-state index in [4.69, 9.17) is 0 Å². The maximum absolute atomic E-state index is 13.0. The fourth-order valence-electron chi connectivity index (χ4n) is 6.01. The molecule has 1 saturated heterocycles. The van der Waals surface area contributed by atoms with Gasteiger partial charge in [0.1, 0.15) is 6.54 Å². The van der Waals surface area contributed by atoms with Crippen LogP contribution < -0.4 is 5.32 Å². The van der Waals surface area contributed by atoms with E-state index < -0.39 is 0 Å². The Morgan fingerprint density at radius 3 is 2.31 bits per heavy atom. The Balaban J connectivity index is 1.16. The van der Waals surface area contributed by atoms with Crippen molar-refractivity contribution in [3.63, 3.8) is 0 Å². The molecule has 3 fully saturated rings. The van der Waals surface area contributed by atoms with Crippen molar-refractivity contribution in [2.24, 2.45) is 35.5 Å². The van der Waals surface area contributed by atoms with Crippen molar-refractivity contribution in [1.29, 1.82) is 0 Å². The van der Waals surface area contributed by atoms with Gasteiger partial charge in [-0.15, -0.1) is 0 Å². The lowest BCUT2D eigenvalue weighted by atomic mass is 9.63. The first kappa shape index (κ1) is 17.0. The zero-order valence-electron chi connectivity index (χ0n) is 16.0. The van der Waals surface area contributed by atoms with E-state index >= 15 is 0 Å². The molecule has 0 unspecified atom stereocenters. The molecule has 146 valence electrons. The lowest BCUT2D eigenvalue weighted by Gasteiger charge is -2.37. The molecule has 6 atom stereocenters. The summed E-state index contributed by atoms with van der Waals surface area (Å²) in [5.74, 6) is 0.453. The van der Waals surface area contributed by atoms with Gasteiger partial charge in [-0.1, -0.05) is 54.6 Å². The van der Waals surface area contributed by atoms with E-state index in [1.807, 2.05) is 42.5 Å². The summed E-state index contributed by atoms with van der Waals surface area (Å²) in [5.41, 5.74) is 1.02. The van der Waals surface area contributed by atoms with Gasteiger partial charge in [0, 0.05) is 6.54 Å². The van der Waals surface area contributed by atoms with Gasteiger partial charge < -0.3 is 5.32 Å². The van der Waals surface area contributed by atoms with Crippen LogP contribution >= 0.6 is 0 Å². The standard InChI is InChI=1S/C24H22N2O3/c27-20(25-11-14-6-3-5-13-4-1-2-7-15(13)14)12-26-23(28)21-16-8-9-17(19-10-18(16)19)22(21)24(26)29/h1-9,16-19,21-22H,10-12H2,(H,25,27)/t16-,17-,18-,19-,21-,22+/m0/s1. The summed E-state index contributed by atoms with van der Waals surface area (Å²) >= 11 is 0. The number of carbonyl (C=O) groups is 3. The van der Waals surface area contributed by atoms with Crippen molar-refractivity contribution in [1.82, 2.24) is 10.2 Å². The van der Waals surface area contributed by atoms with E-state index in [-0.39, 0.29) is 47.9 Å². The first-order valence-corrected chi connectivity index (χ1v) is 10.4. The van der Waals surface area contributed by atoms with E-state index in [1.165, 1.54) is 4.90 Å². The molecule has 2 aromatic rings. The molecule has 4 aliphatic carbocycles. The molecule has 1 N–H and O–H groups in total. The van der Waals surface area contributed by atoms with E-state index in [0.29, 0.717) is 18.4 Å². The molecule has 1 aliphatic heterocycles. The predicted octanol–water partition coefficient (Wildman–Crippen LogP) is 2.51. The Labute approximate surface area is 168 Å². The minimum atomic E-state index is -0.288. The zero-order chi connectivity index (χ0) is 19.7. The topological polar surface area (TPSA) is 66.5 Å². The number of nitrogens with one attached hydrogen (secondary N) is 1. The lowest BCUT2D eigenvalue weighted by molar-refractivity contribution is -0.143. The molecular formula is C24H22N2O3. The monoisotopic (exact) mass is 386 g/mol. The van der Waals surface area contributed by atoms with E-state index in [1.54, 1.807) is 0 Å². The summed E-state index contributed by atoms with van der Waals surface area (Å²) in [6.45, 7) is 0.199. The van der Waals surface area contributed by atoms with Crippen molar-refractivity contribution in [2.45, 2.75) is 13.0 Å². The largest absolute Gasteiger partial charge is 0.350 e. The number of nitrogens with zero attached hydrogens (tertiary/aromatic N) is 1. The molecule has 0 aromatic heterocycles. The van der Waals surface area contributed by atoms with Crippen molar-refractivity contribution in [2.75, 3.05) is 6.54 Å². The molecule has 5 heteroatoms. The maximum Gasteiger partial charge on any atom is 0.240 e. The predicted molar refractivity (Wildman–Crippen MR) is 107 cm³/mol. The fraction of sp³-hybridized carbons (Fsp3) is 0.375. The highest BCUT2D eigenvalue weighted by Gasteiger charge is 2.67. The highest BCUT2D eigenvalue weighted by molar-refractivity contribution is 6.08. The van der Waals surface area contributed by atoms with Crippen LogP contribution in [0.25, 0.3) is 10.8 Å². The number of allylic oxidation sites excluding steroid dienone is 2. The van der Waals surface area contributed by atoms with E-state index in [9.17, 15) is 14.4 Å². The van der Waals surface area contributed by atoms with E-state index in [0.717, 1.165) is 22.8 Å². The second kappa shape index (κ2) is 6.02. The van der Waals surface area contributed by atoms with Crippen molar-refractivity contribution in [3.8, 4) is 0 Å². The molecule has 0 spiro atoms. The fourth-order valence-corrected chi connectivity index (χ4v) is 6.01. The normalized spacial score (nSPS) is 33.7. The van der Waals surface area contributed by atoms with E-state index in [2.05, 4.69) is 17.5 Å². The van der Waals surface area contributed by atoms with Gasteiger partial charge >= 0.3 is 0 Å². The summed E-state index contributed by atoms with van der Waals surface area (Å²) in [4.78, 5) is 39.8. The third-order valence-electron chi connectivity index (χ3n) is 7.41. The molecule has 2 bridgehead atoms. The molecule has 1 heterocycles. The quantitative estimate of drug-likeness (QED) is 0.649. The number of likely N-dealkylation sites (tertiary alicyclic amines) is 1. The number of rotatable bonds is 4. The van der Waals surface area contributed by atoms with Crippen molar-refractivity contribution >= 4 is 28.5 Å². The Morgan fingerprint density at radius 2 is 1.59 bits per heavy atom. The zero-order valence-corrected chi connectivity index (χ0v) is 16.0. The summed E-state index contributed by atoms with van der Waals surface area (Å²) in [7, 11) is 0. The number of hydrogen-bond acceptors (Lipinski definition) is 3. The molecule has 0 radical (unpaired) electrons. The van der Waals surface area contributed by atoms with Gasteiger partial charge in [-0.3, -0.25) is 19.3 Å². The van der Waals surface area contributed by atoms with Crippen molar-refractivity contribution < 1.29 is 14.4 Å². The Bertz CT molecular complexity index is 1050. The highest BCUT2D eigenvalue weighted by atomic mass is 16.2. The minimum absolute atomic E-state index is 0.148. The van der Waals surface area contributed by atoms with Gasteiger partial charge in [-0.25, -0.2) is 0 Å². The molecule has 2 saturated carbocycles. The van der Waals surface area contributed by atoms with Crippen LogP contribution in [0.5, 0.6) is 0 Å². The third kappa shape index (κ3) is 2.43. The lowest BCUT2D eigenvalue weighted by Crippen LogP contribution is -2.41. The average Bonchev–Trinajstić information content (AvgIpc) is 3.53. The van der Waals surface area contributed by atoms with Crippen LogP contribution in [0.4, 0.5) is 0 Å². The molecule has 29 heavy (non-hydrogen) atoms. The average molecular weight is 386 g/mol. The summed E-state index contributed by atoms with van der Waals surface area (Å²) in [6.07, 6.45) is 5.44. The van der Waals surface area contributed by atoms with Gasteiger partial charge in [0.05, 0.1) is 11.8 Å². The van der Waals surface area contributed by atoms with Gasteiger partial charge in [0.15, 0.2) is 0 Å². The second-order valence-corrected chi connectivity index (χ2v) is 8.83. The SMILES string of the molecule is O=C(CN1C(=O)[C@@H]2[C@H]3C=C[C@@H]([C@@H]4C[C@@H]34)[C@@H]2C1=O)NCc1cccc2ccccc12. The van der Waals surface area contributed by atoms with Crippen LogP contribution in [0.1, 0.15) is 12.0 Å². The summed E-state index contributed by atoms with van der Waals surface area (Å²) in [5, 5.41) is 5.11. The van der Waals surface area contributed by atoms with Gasteiger partial charge in [0.25, 0.3) is 0 Å². The van der Waals surface area contributed by atoms with Gasteiger partial charge in [0.2, 0.25) is 17.7 Å². The number of benzene rings is 2. The maximum atomic E-state index is 13.0. The van der Waals surface area contributed by atoms with Crippen LogP contribution in [0.15, 0.2) is 54.6 Å². The Hall–Kier alpha value is -2.95. The number of imide groups is 1. The number of fused-ring (bicyclic) bond motifs is 1. The van der Waals surface area contributed by atoms with Crippen LogP contribution in [-0.2, 0) is 20.9 Å². The molecular weight excluding hydrogens is 364 g/mol. The summed E-state index contributed by atoms with van der Waals surface area (Å²) in [6, 6.07) is 14.0. The van der Waals surface area contributed by atoms with Crippen LogP contribution in [0.3, 0.4) is 0 Å². The highest BCUT2D eigenvalue weighted by Crippen LogP contribution is 2.65. The molecule has 2 aromatic carbocycles. The smallest absolute Gasteiger partial charge is 0.240 e. The number of hydrogen-bond donors (Lipinski definition) is 1. The first-order chi connectivity index (χ1) is 14.1. The molecule has 7 rings (SSSR count). The second-order valence-electron chi connectivity index (χ2n) is 8.83. The van der Waals surface area contributed by atoms with Crippen molar-refractivity contribution in [3.05, 3.63) is 60.2 Å².